The molecule has 0 amide bonds. The van der Waals surface area contributed by atoms with Gasteiger partial charge in [-0.2, -0.15) is 4.31 Å². The third-order valence-corrected chi connectivity index (χ3v) is 7.90. The number of hydrogen-bond donors (Lipinski definition) is 1. The van der Waals surface area contributed by atoms with Crippen molar-refractivity contribution in [1.29, 1.82) is 0 Å². The third kappa shape index (κ3) is 4.85. The summed E-state index contributed by atoms with van der Waals surface area (Å²) in [5, 5.41) is 9.62. The number of benzene rings is 1. The molecule has 1 fully saturated rings. The number of ether oxygens (including phenoxy) is 1. The molecule has 27 heavy (non-hydrogen) atoms. The lowest BCUT2D eigenvalue weighted by Gasteiger charge is -2.37. The first-order chi connectivity index (χ1) is 12.7. The summed E-state index contributed by atoms with van der Waals surface area (Å²) in [6, 6.07) is 4.52. The van der Waals surface area contributed by atoms with Crippen molar-refractivity contribution in [2.24, 2.45) is 11.8 Å². The number of halogens is 1. The van der Waals surface area contributed by atoms with E-state index in [4.69, 9.17) is 4.74 Å². The number of fused-ring (bicyclic) bond motifs is 1. The molecule has 0 bridgehead atoms. The number of rotatable bonds is 6. The van der Waals surface area contributed by atoms with Crippen LogP contribution in [0.3, 0.4) is 0 Å². The Balaban J connectivity index is 1.95. The molecule has 3 atom stereocenters. The number of sulfonamides is 1. The summed E-state index contributed by atoms with van der Waals surface area (Å²) in [7, 11) is -1.65. The van der Waals surface area contributed by atoms with E-state index in [9.17, 15) is 13.5 Å². The van der Waals surface area contributed by atoms with Crippen LogP contribution >= 0.6 is 15.9 Å². The molecule has 2 aliphatic rings. The second kappa shape index (κ2) is 8.37. The summed E-state index contributed by atoms with van der Waals surface area (Å²) < 4.78 is 34.9. The fourth-order valence-electron chi connectivity index (χ4n) is 3.54. The summed E-state index contributed by atoms with van der Waals surface area (Å²) in [6.07, 6.45) is 2.45. The summed E-state index contributed by atoms with van der Waals surface area (Å²) in [5.41, 5.74) is 0. The highest BCUT2D eigenvalue weighted by Crippen LogP contribution is 2.35. The highest BCUT2D eigenvalue weighted by molar-refractivity contribution is 9.10. The van der Waals surface area contributed by atoms with E-state index in [2.05, 4.69) is 27.9 Å². The Bertz CT molecular complexity index is 769. The fraction of sp³-hybridized carbons (Fsp3) is 0.684. The van der Waals surface area contributed by atoms with Crippen LogP contribution in [0.1, 0.15) is 26.7 Å². The van der Waals surface area contributed by atoms with Gasteiger partial charge in [0, 0.05) is 36.1 Å². The topological polar surface area (TPSA) is 70.1 Å². The SMILES string of the molecule is C[C@@H]1CN([C@H](C)CO)S(=O)(=O)c2ccc(Br)cc2O[C@@H]1CN(C)CC1CC1. The smallest absolute Gasteiger partial charge is 0.247 e. The Morgan fingerprint density at radius 2 is 2.07 bits per heavy atom. The Hall–Kier alpha value is -0.670. The van der Waals surface area contributed by atoms with Crippen molar-refractivity contribution in [3.63, 3.8) is 0 Å². The van der Waals surface area contributed by atoms with Crippen LogP contribution in [0.2, 0.25) is 0 Å². The molecule has 1 saturated carbocycles. The van der Waals surface area contributed by atoms with Crippen molar-refractivity contribution in [3.8, 4) is 5.75 Å². The molecule has 152 valence electrons. The average Bonchev–Trinajstić information content (AvgIpc) is 3.41. The monoisotopic (exact) mass is 460 g/mol. The van der Waals surface area contributed by atoms with Crippen LogP contribution in [0.15, 0.2) is 27.6 Å². The number of hydrogen-bond acceptors (Lipinski definition) is 5. The minimum Gasteiger partial charge on any atom is -0.487 e. The van der Waals surface area contributed by atoms with Crippen LogP contribution in [-0.4, -0.2) is 68.2 Å². The van der Waals surface area contributed by atoms with Gasteiger partial charge in [0.25, 0.3) is 0 Å². The van der Waals surface area contributed by atoms with Crippen LogP contribution in [-0.2, 0) is 10.0 Å². The van der Waals surface area contributed by atoms with E-state index in [0.29, 0.717) is 12.3 Å². The van der Waals surface area contributed by atoms with E-state index in [1.54, 1.807) is 25.1 Å². The molecule has 0 radical (unpaired) electrons. The first-order valence-corrected chi connectivity index (χ1v) is 11.7. The zero-order chi connectivity index (χ0) is 19.8. The van der Waals surface area contributed by atoms with Gasteiger partial charge < -0.3 is 14.7 Å². The fourth-order valence-corrected chi connectivity index (χ4v) is 5.71. The van der Waals surface area contributed by atoms with E-state index < -0.39 is 16.1 Å². The van der Waals surface area contributed by atoms with Gasteiger partial charge in [-0.1, -0.05) is 22.9 Å². The minimum atomic E-state index is -3.75. The van der Waals surface area contributed by atoms with E-state index in [-0.39, 0.29) is 23.5 Å². The molecule has 0 aromatic heterocycles. The zero-order valence-electron chi connectivity index (χ0n) is 16.1. The van der Waals surface area contributed by atoms with E-state index in [1.807, 2.05) is 6.92 Å². The highest BCUT2D eigenvalue weighted by atomic mass is 79.9. The van der Waals surface area contributed by atoms with Crippen molar-refractivity contribution < 1.29 is 18.3 Å². The molecule has 1 heterocycles. The largest absolute Gasteiger partial charge is 0.487 e. The van der Waals surface area contributed by atoms with Gasteiger partial charge in [-0.3, -0.25) is 0 Å². The summed E-state index contributed by atoms with van der Waals surface area (Å²) in [4.78, 5) is 2.44. The van der Waals surface area contributed by atoms with Crippen LogP contribution in [0.25, 0.3) is 0 Å². The van der Waals surface area contributed by atoms with Gasteiger partial charge in [-0.25, -0.2) is 8.42 Å². The quantitative estimate of drug-likeness (QED) is 0.706. The van der Waals surface area contributed by atoms with E-state index in [0.717, 1.165) is 23.5 Å². The molecule has 3 rings (SSSR count). The average molecular weight is 461 g/mol. The van der Waals surface area contributed by atoms with Crippen molar-refractivity contribution >= 4 is 26.0 Å². The Morgan fingerprint density at radius 3 is 2.70 bits per heavy atom. The molecule has 0 unspecified atom stereocenters. The molecule has 0 saturated heterocycles. The predicted molar refractivity (Wildman–Crippen MR) is 108 cm³/mol. The first-order valence-electron chi connectivity index (χ1n) is 9.49. The van der Waals surface area contributed by atoms with Gasteiger partial charge in [0.2, 0.25) is 10.0 Å². The van der Waals surface area contributed by atoms with Crippen molar-refractivity contribution in [2.75, 3.05) is 33.3 Å². The van der Waals surface area contributed by atoms with Crippen molar-refractivity contribution in [2.45, 2.75) is 43.7 Å². The van der Waals surface area contributed by atoms with E-state index in [1.165, 1.54) is 17.1 Å². The van der Waals surface area contributed by atoms with Crippen molar-refractivity contribution in [1.82, 2.24) is 9.21 Å². The summed E-state index contributed by atoms with van der Waals surface area (Å²) in [5.74, 6) is 1.14. The maximum atomic E-state index is 13.2. The Morgan fingerprint density at radius 1 is 1.37 bits per heavy atom. The molecule has 1 aliphatic heterocycles. The molecule has 8 heteroatoms. The molecular formula is C19H29BrN2O4S. The molecule has 1 aromatic carbocycles. The third-order valence-electron chi connectivity index (χ3n) is 5.39. The van der Waals surface area contributed by atoms with Gasteiger partial charge in [-0.15, -0.1) is 0 Å². The molecule has 6 nitrogen and oxygen atoms in total. The molecule has 1 aliphatic carbocycles. The molecular weight excluding hydrogens is 432 g/mol. The van der Waals surface area contributed by atoms with Gasteiger partial charge in [0.15, 0.2) is 0 Å². The lowest BCUT2D eigenvalue weighted by atomic mass is 10.0. The van der Waals surface area contributed by atoms with Crippen LogP contribution in [0.4, 0.5) is 0 Å². The maximum Gasteiger partial charge on any atom is 0.247 e. The summed E-state index contributed by atoms with van der Waals surface area (Å²) in [6.45, 7) is 5.65. The number of aliphatic hydroxyl groups excluding tert-OH is 1. The number of likely N-dealkylation sites (N-methyl/N-ethyl adjacent to an activating group) is 1. The highest BCUT2D eigenvalue weighted by Gasteiger charge is 2.38. The minimum absolute atomic E-state index is 0.0115. The van der Waals surface area contributed by atoms with Crippen LogP contribution < -0.4 is 4.74 Å². The first kappa shape index (κ1) is 21.0. The second-order valence-corrected chi connectivity index (χ2v) is 10.8. The van der Waals surface area contributed by atoms with Crippen LogP contribution in [0, 0.1) is 11.8 Å². The molecule has 1 aromatic rings. The summed E-state index contributed by atoms with van der Waals surface area (Å²) >= 11 is 3.42. The van der Waals surface area contributed by atoms with Crippen LogP contribution in [0.5, 0.6) is 5.75 Å². The Kier molecular flexibility index (Phi) is 6.52. The Labute approximate surface area is 170 Å². The standard InChI is InChI=1S/C19H29BrN2O4S/c1-13-9-22(14(2)12-23)27(24,25)19-7-6-16(20)8-17(19)26-18(13)11-21(3)10-15-4-5-15/h6-8,13-15,18,23H,4-5,9-12H2,1-3H3/t13-,14-,18-/m1/s1. The predicted octanol–water partition coefficient (Wildman–Crippen LogP) is 2.56. The number of aliphatic hydroxyl groups is 1. The van der Waals surface area contributed by atoms with Gasteiger partial charge >= 0.3 is 0 Å². The van der Waals surface area contributed by atoms with E-state index >= 15 is 0 Å². The van der Waals surface area contributed by atoms with Crippen molar-refractivity contribution in [3.05, 3.63) is 22.7 Å². The normalized spacial score (nSPS) is 26.7. The molecule has 1 N–H and O–H groups in total. The second-order valence-electron chi connectivity index (χ2n) is 8.00. The van der Waals surface area contributed by atoms with Gasteiger partial charge in [0.1, 0.15) is 16.7 Å². The lowest BCUT2D eigenvalue weighted by molar-refractivity contribution is 0.0740. The number of nitrogens with zero attached hydrogens (tertiary/aromatic N) is 2. The van der Waals surface area contributed by atoms with Gasteiger partial charge in [-0.05, 0) is 50.9 Å². The lowest BCUT2D eigenvalue weighted by Crippen LogP contribution is -2.49. The van der Waals surface area contributed by atoms with Gasteiger partial charge in [0.05, 0.1) is 6.61 Å². The molecule has 0 spiro atoms. The zero-order valence-corrected chi connectivity index (χ0v) is 18.5. The maximum absolute atomic E-state index is 13.2.